The second-order valence-corrected chi connectivity index (χ2v) is 4.42. The Labute approximate surface area is 124 Å². The van der Waals surface area contributed by atoms with Gasteiger partial charge in [-0.1, -0.05) is 30.3 Å². The van der Waals surface area contributed by atoms with Crippen LogP contribution in [0.2, 0.25) is 0 Å². The van der Waals surface area contributed by atoms with Crippen molar-refractivity contribution < 1.29 is 19.0 Å². The Hall–Kier alpha value is -2.49. The van der Waals surface area contributed by atoms with Gasteiger partial charge in [-0.25, -0.2) is 0 Å². The van der Waals surface area contributed by atoms with E-state index in [1.807, 2.05) is 42.5 Å². The molecule has 4 heteroatoms. The van der Waals surface area contributed by atoms with Gasteiger partial charge in [-0.2, -0.15) is 0 Å². The highest BCUT2D eigenvalue weighted by Gasteiger charge is 2.04. The van der Waals surface area contributed by atoms with Gasteiger partial charge in [0.2, 0.25) is 0 Å². The van der Waals surface area contributed by atoms with E-state index >= 15 is 0 Å². The maximum absolute atomic E-state index is 11.6. The molecule has 0 unspecified atom stereocenters. The average molecular weight is 286 g/mol. The number of benzene rings is 2. The standard InChI is InChI=1S/C17H18O4/c1-19-15-7-9-16(10-8-15)20-12-11-17(18)21-13-14-5-3-2-4-6-14/h2-10H,11-13H2,1H3. The van der Waals surface area contributed by atoms with E-state index in [0.29, 0.717) is 19.0 Å². The van der Waals surface area contributed by atoms with Crippen molar-refractivity contribution in [2.45, 2.75) is 13.0 Å². The quantitative estimate of drug-likeness (QED) is 0.733. The van der Waals surface area contributed by atoms with Gasteiger partial charge in [-0.05, 0) is 29.8 Å². The van der Waals surface area contributed by atoms with Crippen LogP contribution in [0.25, 0.3) is 0 Å². The summed E-state index contributed by atoms with van der Waals surface area (Å²) in [7, 11) is 1.61. The van der Waals surface area contributed by atoms with E-state index in [2.05, 4.69) is 0 Å². The maximum atomic E-state index is 11.6. The minimum atomic E-state index is -0.271. The van der Waals surface area contributed by atoms with Crippen LogP contribution in [0, 0.1) is 0 Å². The third-order valence-corrected chi connectivity index (χ3v) is 2.88. The second-order valence-electron chi connectivity index (χ2n) is 4.42. The maximum Gasteiger partial charge on any atom is 0.309 e. The van der Waals surface area contributed by atoms with Crippen molar-refractivity contribution in [2.75, 3.05) is 13.7 Å². The molecule has 0 aromatic heterocycles. The number of ether oxygens (including phenoxy) is 3. The summed E-state index contributed by atoms with van der Waals surface area (Å²) in [5.41, 5.74) is 0.974. The Morgan fingerprint density at radius 2 is 1.62 bits per heavy atom. The van der Waals surface area contributed by atoms with Gasteiger partial charge in [0, 0.05) is 0 Å². The molecule has 0 N–H and O–H groups in total. The Balaban J connectivity index is 1.66. The van der Waals surface area contributed by atoms with Crippen molar-refractivity contribution in [1.29, 1.82) is 0 Å². The molecule has 2 aromatic carbocycles. The molecule has 0 bridgehead atoms. The molecule has 0 aliphatic rings. The van der Waals surface area contributed by atoms with Crippen LogP contribution in [0.3, 0.4) is 0 Å². The van der Waals surface area contributed by atoms with Gasteiger partial charge in [-0.3, -0.25) is 4.79 Å². The number of hydrogen-bond acceptors (Lipinski definition) is 4. The Bertz CT molecular complexity index is 549. The molecule has 4 nitrogen and oxygen atoms in total. The van der Waals surface area contributed by atoms with E-state index in [4.69, 9.17) is 14.2 Å². The fourth-order valence-electron chi connectivity index (χ4n) is 1.73. The first-order valence-electron chi connectivity index (χ1n) is 6.74. The first kappa shape index (κ1) is 14.9. The highest BCUT2D eigenvalue weighted by Crippen LogP contribution is 2.17. The summed E-state index contributed by atoms with van der Waals surface area (Å²) in [5.74, 6) is 1.20. The van der Waals surface area contributed by atoms with Crippen LogP contribution in [0.15, 0.2) is 54.6 Å². The number of rotatable bonds is 7. The molecule has 0 heterocycles. The topological polar surface area (TPSA) is 44.8 Å². The molecule has 0 saturated carbocycles. The number of carbonyl (C=O) groups is 1. The lowest BCUT2D eigenvalue weighted by Crippen LogP contribution is -2.09. The third kappa shape index (κ3) is 5.18. The van der Waals surface area contributed by atoms with Gasteiger partial charge in [0.15, 0.2) is 0 Å². The van der Waals surface area contributed by atoms with Crippen molar-refractivity contribution in [3.63, 3.8) is 0 Å². The van der Waals surface area contributed by atoms with Gasteiger partial charge in [0.1, 0.15) is 18.1 Å². The second kappa shape index (κ2) is 7.94. The Morgan fingerprint density at radius 1 is 0.952 bits per heavy atom. The number of esters is 1. The molecule has 0 amide bonds. The van der Waals surface area contributed by atoms with E-state index in [0.717, 1.165) is 11.3 Å². The minimum absolute atomic E-state index is 0.221. The molecule has 0 aliphatic heterocycles. The van der Waals surface area contributed by atoms with Crippen molar-refractivity contribution in [3.8, 4) is 11.5 Å². The minimum Gasteiger partial charge on any atom is -0.497 e. The van der Waals surface area contributed by atoms with Crippen molar-refractivity contribution in [1.82, 2.24) is 0 Å². The zero-order chi connectivity index (χ0) is 14.9. The monoisotopic (exact) mass is 286 g/mol. The number of methoxy groups -OCH3 is 1. The highest BCUT2D eigenvalue weighted by molar-refractivity contribution is 5.69. The van der Waals surface area contributed by atoms with E-state index in [1.165, 1.54) is 0 Å². The Kier molecular flexibility index (Phi) is 5.64. The fraction of sp³-hybridized carbons (Fsp3) is 0.235. The van der Waals surface area contributed by atoms with Crippen LogP contribution in [0.1, 0.15) is 12.0 Å². The molecule has 0 aliphatic carbocycles. The summed E-state index contributed by atoms with van der Waals surface area (Å²) < 4.78 is 15.7. The molecular weight excluding hydrogens is 268 g/mol. The molecule has 0 fully saturated rings. The van der Waals surface area contributed by atoms with Crippen LogP contribution >= 0.6 is 0 Å². The summed E-state index contributed by atoms with van der Waals surface area (Å²) in [6, 6.07) is 16.8. The molecule has 0 atom stereocenters. The summed E-state index contributed by atoms with van der Waals surface area (Å²) in [5, 5.41) is 0. The van der Waals surface area contributed by atoms with E-state index in [1.54, 1.807) is 19.2 Å². The highest BCUT2D eigenvalue weighted by atomic mass is 16.5. The van der Waals surface area contributed by atoms with Crippen molar-refractivity contribution >= 4 is 5.97 Å². The summed E-state index contributed by atoms with van der Waals surface area (Å²) >= 11 is 0. The predicted molar refractivity (Wildman–Crippen MR) is 79.3 cm³/mol. The van der Waals surface area contributed by atoms with Crippen LogP contribution in [0.4, 0.5) is 0 Å². The van der Waals surface area contributed by atoms with Gasteiger partial charge in [0.25, 0.3) is 0 Å². The van der Waals surface area contributed by atoms with Crippen LogP contribution in [-0.2, 0) is 16.1 Å². The van der Waals surface area contributed by atoms with Gasteiger partial charge >= 0.3 is 5.97 Å². The number of hydrogen-bond donors (Lipinski definition) is 0. The zero-order valence-corrected chi connectivity index (χ0v) is 12.0. The lowest BCUT2D eigenvalue weighted by molar-refractivity contribution is -0.145. The molecular formula is C17H18O4. The van der Waals surface area contributed by atoms with Gasteiger partial charge in [-0.15, -0.1) is 0 Å². The van der Waals surface area contributed by atoms with E-state index in [9.17, 15) is 4.79 Å². The Morgan fingerprint density at radius 3 is 2.29 bits per heavy atom. The lowest BCUT2D eigenvalue weighted by Gasteiger charge is -2.07. The van der Waals surface area contributed by atoms with Gasteiger partial charge < -0.3 is 14.2 Å². The van der Waals surface area contributed by atoms with Gasteiger partial charge in [0.05, 0.1) is 20.1 Å². The van der Waals surface area contributed by atoms with Crippen LogP contribution < -0.4 is 9.47 Å². The van der Waals surface area contributed by atoms with Crippen molar-refractivity contribution in [3.05, 3.63) is 60.2 Å². The summed E-state index contributed by atoms with van der Waals surface area (Å²) in [6.45, 7) is 0.585. The number of carbonyl (C=O) groups excluding carboxylic acids is 1. The molecule has 0 radical (unpaired) electrons. The molecule has 0 saturated heterocycles. The fourth-order valence-corrected chi connectivity index (χ4v) is 1.73. The lowest BCUT2D eigenvalue weighted by atomic mass is 10.2. The summed E-state index contributed by atoms with van der Waals surface area (Å²) in [6.07, 6.45) is 0.221. The smallest absolute Gasteiger partial charge is 0.309 e. The van der Waals surface area contributed by atoms with Crippen LogP contribution in [-0.4, -0.2) is 19.7 Å². The summed E-state index contributed by atoms with van der Waals surface area (Å²) in [4.78, 5) is 11.6. The normalized spacial score (nSPS) is 9.95. The zero-order valence-electron chi connectivity index (χ0n) is 12.0. The first-order chi connectivity index (χ1) is 10.3. The first-order valence-corrected chi connectivity index (χ1v) is 6.74. The average Bonchev–Trinajstić information content (AvgIpc) is 2.54. The third-order valence-electron chi connectivity index (χ3n) is 2.88. The molecule has 110 valence electrons. The molecule has 21 heavy (non-hydrogen) atoms. The van der Waals surface area contributed by atoms with E-state index < -0.39 is 0 Å². The molecule has 2 rings (SSSR count). The van der Waals surface area contributed by atoms with E-state index in [-0.39, 0.29) is 12.4 Å². The predicted octanol–water partition coefficient (Wildman–Crippen LogP) is 3.21. The molecule has 2 aromatic rings. The molecule has 0 spiro atoms. The van der Waals surface area contributed by atoms with Crippen molar-refractivity contribution in [2.24, 2.45) is 0 Å². The SMILES string of the molecule is COc1ccc(OCCC(=O)OCc2ccccc2)cc1. The van der Waals surface area contributed by atoms with Crippen LogP contribution in [0.5, 0.6) is 11.5 Å². The largest absolute Gasteiger partial charge is 0.497 e.